The molecule has 1 aromatic carbocycles. The maximum absolute atomic E-state index is 12.1. The Morgan fingerprint density at radius 1 is 1.09 bits per heavy atom. The van der Waals surface area contributed by atoms with Crippen LogP contribution in [0.25, 0.3) is 5.69 Å². The van der Waals surface area contributed by atoms with Crippen molar-refractivity contribution in [3.63, 3.8) is 0 Å². The van der Waals surface area contributed by atoms with E-state index in [1.807, 2.05) is 0 Å². The molecule has 0 saturated heterocycles. The maximum atomic E-state index is 12.1. The molecule has 114 valence electrons. The lowest BCUT2D eigenvalue weighted by Crippen LogP contribution is -2.28. The summed E-state index contributed by atoms with van der Waals surface area (Å²) in [5.74, 6) is -1.79. The van der Waals surface area contributed by atoms with Gasteiger partial charge < -0.3 is 9.47 Å². The Balaban J connectivity index is 2.69. The fourth-order valence-corrected chi connectivity index (χ4v) is 1.97. The number of carbonyl (C=O) groups excluding carboxylic acids is 2. The minimum Gasteiger partial charge on any atom is -0.465 e. The summed E-state index contributed by atoms with van der Waals surface area (Å²) < 4.78 is 11.2. The van der Waals surface area contributed by atoms with Gasteiger partial charge in [0.1, 0.15) is 5.56 Å². The molecule has 0 spiro atoms. The number of hydrogen-bond donors (Lipinski definition) is 0. The summed E-state index contributed by atoms with van der Waals surface area (Å²) in [6.45, 7) is 0. The summed E-state index contributed by atoms with van der Waals surface area (Å²) in [5.41, 5.74) is -1.08. The molecule has 0 atom stereocenters. The van der Waals surface area contributed by atoms with Gasteiger partial charge >= 0.3 is 11.9 Å². The topological polar surface area (TPSA) is 87.5 Å². The van der Waals surface area contributed by atoms with Crippen LogP contribution in [0.3, 0.4) is 0 Å². The second-order valence-electron chi connectivity index (χ2n) is 4.12. The first-order chi connectivity index (χ1) is 10.5. The zero-order valence-electron chi connectivity index (χ0n) is 11.7. The van der Waals surface area contributed by atoms with Gasteiger partial charge in [0.2, 0.25) is 11.1 Å². The number of esters is 2. The van der Waals surface area contributed by atoms with E-state index in [2.05, 4.69) is 30.5 Å². The van der Waals surface area contributed by atoms with Crippen molar-refractivity contribution in [1.29, 1.82) is 0 Å². The van der Waals surface area contributed by atoms with Crippen LogP contribution in [0.15, 0.2) is 39.7 Å². The van der Waals surface area contributed by atoms with E-state index >= 15 is 0 Å². The van der Waals surface area contributed by atoms with Crippen LogP contribution >= 0.6 is 15.9 Å². The number of hydrogen-bond acceptors (Lipinski definition) is 6. The molecule has 0 N–H and O–H groups in total. The van der Waals surface area contributed by atoms with Crippen molar-refractivity contribution >= 4 is 27.9 Å². The standard InChI is InChI=1S/C14H11BrN2O5/c1-21-13(19)10-7-17(9-5-3-8(15)4-6-9)16-11(12(10)18)14(20)22-2/h3-7H,1-2H3. The van der Waals surface area contributed by atoms with Crippen molar-refractivity contribution in [2.75, 3.05) is 14.2 Å². The Hall–Kier alpha value is -2.48. The van der Waals surface area contributed by atoms with Gasteiger partial charge in [0.05, 0.1) is 19.9 Å². The first-order valence-corrected chi connectivity index (χ1v) is 6.83. The second-order valence-corrected chi connectivity index (χ2v) is 5.04. The second kappa shape index (κ2) is 6.52. The molecule has 2 aromatic rings. The first kappa shape index (κ1) is 15.9. The van der Waals surface area contributed by atoms with E-state index in [1.165, 1.54) is 10.9 Å². The van der Waals surface area contributed by atoms with Gasteiger partial charge in [-0.15, -0.1) is 0 Å². The van der Waals surface area contributed by atoms with Crippen molar-refractivity contribution in [1.82, 2.24) is 9.78 Å². The zero-order chi connectivity index (χ0) is 16.3. The number of halogens is 1. The lowest BCUT2D eigenvalue weighted by molar-refractivity contribution is 0.0587. The van der Waals surface area contributed by atoms with Crippen molar-refractivity contribution in [2.24, 2.45) is 0 Å². The Morgan fingerprint density at radius 3 is 2.23 bits per heavy atom. The normalized spacial score (nSPS) is 10.1. The zero-order valence-corrected chi connectivity index (χ0v) is 13.3. The molecule has 0 aliphatic heterocycles. The number of ether oxygens (including phenoxy) is 2. The quantitative estimate of drug-likeness (QED) is 0.766. The van der Waals surface area contributed by atoms with Gasteiger partial charge in [-0.25, -0.2) is 14.3 Å². The third-order valence-corrected chi connectivity index (χ3v) is 3.32. The van der Waals surface area contributed by atoms with Gasteiger partial charge in [-0.05, 0) is 24.3 Å². The van der Waals surface area contributed by atoms with Crippen LogP contribution in [0, 0.1) is 0 Å². The van der Waals surface area contributed by atoms with Gasteiger partial charge in [-0.1, -0.05) is 15.9 Å². The first-order valence-electron chi connectivity index (χ1n) is 6.04. The molecule has 1 aromatic heterocycles. The average molecular weight is 367 g/mol. The minimum atomic E-state index is -0.929. The summed E-state index contributed by atoms with van der Waals surface area (Å²) in [5, 5.41) is 3.93. The number of benzene rings is 1. The van der Waals surface area contributed by atoms with E-state index in [9.17, 15) is 14.4 Å². The van der Waals surface area contributed by atoms with E-state index in [1.54, 1.807) is 24.3 Å². The fourth-order valence-electron chi connectivity index (χ4n) is 1.70. The molecule has 1 heterocycles. The van der Waals surface area contributed by atoms with Crippen LogP contribution in [-0.2, 0) is 9.47 Å². The van der Waals surface area contributed by atoms with E-state index in [4.69, 9.17) is 0 Å². The molecule has 0 radical (unpaired) electrons. The predicted octanol–water partition coefficient (Wildman–Crippen LogP) is 1.57. The molecule has 0 unspecified atom stereocenters. The lowest BCUT2D eigenvalue weighted by Gasteiger charge is -2.09. The monoisotopic (exact) mass is 366 g/mol. The van der Waals surface area contributed by atoms with Crippen molar-refractivity contribution in [3.05, 3.63) is 56.4 Å². The Morgan fingerprint density at radius 2 is 1.68 bits per heavy atom. The maximum Gasteiger partial charge on any atom is 0.362 e. The number of aromatic nitrogens is 2. The molecular formula is C14H11BrN2O5. The number of methoxy groups -OCH3 is 2. The highest BCUT2D eigenvalue weighted by atomic mass is 79.9. The van der Waals surface area contributed by atoms with E-state index in [0.717, 1.165) is 18.7 Å². The summed E-state index contributed by atoms with van der Waals surface area (Å²) in [6.07, 6.45) is 1.21. The molecule has 22 heavy (non-hydrogen) atoms. The fraction of sp³-hybridized carbons (Fsp3) is 0.143. The van der Waals surface area contributed by atoms with Crippen molar-refractivity contribution < 1.29 is 19.1 Å². The summed E-state index contributed by atoms with van der Waals surface area (Å²) in [4.78, 5) is 35.5. The van der Waals surface area contributed by atoms with E-state index in [0.29, 0.717) is 5.69 Å². The molecule has 8 heteroatoms. The minimum absolute atomic E-state index is 0.305. The van der Waals surface area contributed by atoms with E-state index < -0.39 is 23.1 Å². The highest BCUT2D eigenvalue weighted by molar-refractivity contribution is 9.10. The molecule has 0 bridgehead atoms. The molecule has 0 saturated carbocycles. The van der Waals surface area contributed by atoms with Crippen LogP contribution in [-0.4, -0.2) is 35.9 Å². The highest BCUT2D eigenvalue weighted by Gasteiger charge is 2.22. The predicted molar refractivity (Wildman–Crippen MR) is 80.2 cm³/mol. The van der Waals surface area contributed by atoms with Crippen LogP contribution in [0.1, 0.15) is 20.8 Å². The number of carbonyl (C=O) groups is 2. The van der Waals surface area contributed by atoms with Crippen LogP contribution in [0.2, 0.25) is 0 Å². The average Bonchev–Trinajstić information content (AvgIpc) is 2.54. The van der Waals surface area contributed by atoms with Crippen LogP contribution in [0.5, 0.6) is 0 Å². The highest BCUT2D eigenvalue weighted by Crippen LogP contribution is 2.13. The van der Waals surface area contributed by atoms with Gasteiger partial charge in [-0.3, -0.25) is 4.79 Å². The summed E-state index contributed by atoms with van der Waals surface area (Å²) >= 11 is 3.30. The Bertz CT molecular complexity index is 743. The molecule has 0 aliphatic carbocycles. The van der Waals surface area contributed by atoms with Crippen LogP contribution < -0.4 is 5.43 Å². The lowest BCUT2D eigenvalue weighted by atomic mass is 10.2. The molecule has 0 aliphatic rings. The summed E-state index contributed by atoms with van der Waals surface area (Å²) in [7, 11) is 2.27. The van der Waals surface area contributed by atoms with Gasteiger partial charge in [-0.2, -0.15) is 5.10 Å². The Kier molecular flexibility index (Phi) is 4.71. The molecule has 0 amide bonds. The van der Waals surface area contributed by atoms with Crippen molar-refractivity contribution in [2.45, 2.75) is 0 Å². The third kappa shape index (κ3) is 3.06. The molecular weight excluding hydrogens is 356 g/mol. The van der Waals surface area contributed by atoms with Gasteiger partial charge in [0.25, 0.3) is 0 Å². The number of rotatable bonds is 3. The smallest absolute Gasteiger partial charge is 0.362 e. The van der Waals surface area contributed by atoms with Gasteiger partial charge in [0, 0.05) is 10.7 Å². The molecule has 7 nitrogen and oxygen atoms in total. The Labute approximate surface area is 133 Å². The van der Waals surface area contributed by atoms with Crippen molar-refractivity contribution in [3.8, 4) is 5.69 Å². The van der Waals surface area contributed by atoms with Gasteiger partial charge in [0.15, 0.2) is 0 Å². The largest absolute Gasteiger partial charge is 0.465 e. The number of nitrogens with zero attached hydrogens (tertiary/aromatic N) is 2. The van der Waals surface area contributed by atoms with Crippen LogP contribution in [0.4, 0.5) is 0 Å². The summed E-state index contributed by atoms with van der Waals surface area (Å²) in [6, 6.07) is 6.91. The third-order valence-electron chi connectivity index (χ3n) is 2.79. The SMILES string of the molecule is COC(=O)c1cn(-c2ccc(Br)cc2)nc(C(=O)OC)c1=O. The molecule has 2 rings (SSSR count). The molecule has 0 fully saturated rings. The van der Waals surface area contributed by atoms with E-state index in [-0.39, 0.29) is 5.56 Å².